The van der Waals surface area contributed by atoms with Crippen LogP contribution < -0.4 is 4.74 Å². The van der Waals surface area contributed by atoms with Gasteiger partial charge in [-0.1, -0.05) is 12.1 Å². The first-order valence-corrected chi connectivity index (χ1v) is 8.62. The van der Waals surface area contributed by atoms with Gasteiger partial charge in [0.1, 0.15) is 24.5 Å². The third-order valence-corrected chi connectivity index (χ3v) is 4.47. The second-order valence-corrected chi connectivity index (χ2v) is 6.88. The summed E-state index contributed by atoms with van der Waals surface area (Å²) >= 11 is 1.64. The quantitative estimate of drug-likeness (QED) is 0.660. The van der Waals surface area contributed by atoms with Crippen LogP contribution in [0.25, 0.3) is 0 Å². The van der Waals surface area contributed by atoms with E-state index in [4.69, 9.17) is 4.74 Å². The van der Waals surface area contributed by atoms with Gasteiger partial charge in [-0.05, 0) is 31.7 Å². The van der Waals surface area contributed by atoms with Gasteiger partial charge in [0.2, 0.25) is 0 Å². The molecule has 0 spiro atoms. The monoisotopic (exact) mass is 343 g/mol. The number of ether oxygens (including phenoxy) is 1. The van der Waals surface area contributed by atoms with Gasteiger partial charge in [-0.2, -0.15) is 0 Å². The van der Waals surface area contributed by atoms with E-state index in [2.05, 4.69) is 39.3 Å². The van der Waals surface area contributed by atoms with E-state index >= 15 is 0 Å². The number of nitrogens with zero attached hydrogens (tertiary/aromatic N) is 5. The minimum Gasteiger partial charge on any atom is -0.487 e. The van der Waals surface area contributed by atoms with Gasteiger partial charge in [0.15, 0.2) is 0 Å². The molecule has 126 valence electrons. The first kappa shape index (κ1) is 16.6. The zero-order valence-corrected chi connectivity index (χ0v) is 15.0. The Morgan fingerprint density at radius 1 is 1.21 bits per heavy atom. The van der Waals surface area contributed by atoms with Crippen molar-refractivity contribution in [2.75, 3.05) is 7.05 Å². The molecule has 6 nitrogen and oxygen atoms in total. The van der Waals surface area contributed by atoms with Crippen LogP contribution in [0.1, 0.15) is 22.1 Å². The molecule has 0 saturated heterocycles. The molecular weight excluding hydrogens is 322 g/mol. The van der Waals surface area contributed by atoms with E-state index in [1.54, 1.807) is 17.7 Å². The lowest BCUT2D eigenvalue weighted by Gasteiger charge is -2.16. The molecule has 0 aliphatic rings. The van der Waals surface area contributed by atoms with E-state index in [0.29, 0.717) is 6.61 Å². The first-order valence-electron chi connectivity index (χ1n) is 7.74. The van der Waals surface area contributed by atoms with Gasteiger partial charge in [-0.3, -0.25) is 4.90 Å². The number of hydrogen-bond acceptors (Lipinski definition) is 6. The highest BCUT2D eigenvalue weighted by molar-refractivity contribution is 7.09. The van der Waals surface area contributed by atoms with Crippen molar-refractivity contribution < 1.29 is 4.74 Å². The van der Waals surface area contributed by atoms with E-state index in [1.807, 2.05) is 36.1 Å². The van der Waals surface area contributed by atoms with Gasteiger partial charge >= 0.3 is 0 Å². The average Bonchev–Trinajstić information content (AvgIpc) is 3.15. The van der Waals surface area contributed by atoms with Gasteiger partial charge in [0, 0.05) is 19.0 Å². The number of hydrogen-bond donors (Lipinski definition) is 0. The molecule has 1 aromatic carbocycles. The summed E-state index contributed by atoms with van der Waals surface area (Å²) in [6, 6.07) is 8.19. The van der Waals surface area contributed by atoms with Gasteiger partial charge in [0.25, 0.3) is 0 Å². The summed E-state index contributed by atoms with van der Waals surface area (Å²) in [6.07, 6.45) is 1.72. The van der Waals surface area contributed by atoms with Crippen LogP contribution in [0.5, 0.6) is 5.75 Å². The molecule has 2 aromatic heterocycles. The fraction of sp³-hybridized carbons (Fsp3) is 0.353. The van der Waals surface area contributed by atoms with Crippen LogP contribution in [0.4, 0.5) is 0 Å². The van der Waals surface area contributed by atoms with Gasteiger partial charge in [-0.15, -0.1) is 21.5 Å². The number of benzene rings is 1. The van der Waals surface area contributed by atoms with E-state index in [1.165, 1.54) is 5.56 Å². The van der Waals surface area contributed by atoms with Crippen LogP contribution in [-0.2, 0) is 26.7 Å². The maximum absolute atomic E-state index is 5.78. The summed E-state index contributed by atoms with van der Waals surface area (Å²) in [6.45, 7) is 4.12. The highest BCUT2D eigenvalue weighted by atomic mass is 32.1. The second kappa shape index (κ2) is 7.55. The molecule has 0 fully saturated rings. The first-order chi connectivity index (χ1) is 11.6. The minimum atomic E-state index is 0.510. The van der Waals surface area contributed by atoms with Crippen molar-refractivity contribution in [2.45, 2.75) is 26.6 Å². The zero-order chi connectivity index (χ0) is 16.9. The fourth-order valence-electron chi connectivity index (χ4n) is 2.38. The Morgan fingerprint density at radius 3 is 2.62 bits per heavy atom. The molecule has 0 radical (unpaired) electrons. The lowest BCUT2D eigenvalue weighted by atomic mass is 10.2. The van der Waals surface area contributed by atoms with E-state index < -0.39 is 0 Å². The number of aryl methyl sites for hydroxylation is 2. The van der Waals surface area contributed by atoms with Crippen LogP contribution in [0.15, 0.2) is 36.0 Å². The molecule has 0 aliphatic heterocycles. The summed E-state index contributed by atoms with van der Waals surface area (Å²) < 4.78 is 7.71. The van der Waals surface area contributed by atoms with Crippen molar-refractivity contribution in [3.05, 3.63) is 58.1 Å². The standard InChI is InChI=1S/C17H21N5OS/c1-13-19-15(11-24-13)10-23-16-6-4-14(5-7-16)8-21(2)9-17-20-18-12-22(17)3/h4-7,11-12H,8-10H2,1-3H3. The van der Waals surface area contributed by atoms with Crippen molar-refractivity contribution in [1.29, 1.82) is 0 Å². The Hall–Kier alpha value is -2.25. The highest BCUT2D eigenvalue weighted by Gasteiger charge is 2.07. The van der Waals surface area contributed by atoms with E-state index in [0.717, 1.165) is 35.4 Å². The minimum absolute atomic E-state index is 0.510. The maximum atomic E-state index is 5.78. The molecule has 0 amide bonds. The summed E-state index contributed by atoms with van der Waals surface area (Å²) in [5, 5.41) is 11.1. The third kappa shape index (κ3) is 4.39. The second-order valence-electron chi connectivity index (χ2n) is 5.82. The Balaban J connectivity index is 1.51. The van der Waals surface area contributed by atoms with Crippen LogP contribution >= 0.6 is 11.3 Å². The SMILES string of the molecule is Cc1nc(COc2ccc(CN(C)Cc3nncn3C)cc2)cs1. The smallest absolute Gasteiger partial charge is 0.146 e. The van der Waals surface area contributed by atoms with E-state index in [-0.39, 0.29) is 0 Å². The molecule has 3 rings (SSSR count). The van der Waals surface area contributed by atoms with Crippen LogP contribution in [0.3, 0.4) is 0 Å². The van der Waals surface area contributed by atoms with E-state index in [9.17, 15) is 0 Å². The lowest BCUT2D eigenvalue weighted by molar-refractivity contribution is 0.299. The van der Waals surface area contributed by atoms with Crippen molar-refractivity contribution in [3.63, 3.8) is 0 Å². The van der Waals surface area contributed by atoms with Crippen LogP contribution in [0.2, 0.25) is 0 Å². The molecule has 0 unspecified atom stereocenters. The summed E-state index contributed by atoms with van der Waals surface area (Å²) in [5.41, 5.74) is 2.21. The molecule has 3 aromatic rings. The highest BCUT2D eigenvalue weighted by Crippen LogP contribution is 2.16. The fourth-order valence-corrected chi connectivity index (χ4v) is 2.98. The summed E-state index contributed by atoms with van der Waals surface area (Å²) in [5.74, 6) is 1.82. The van der Waals surface area contributed by atoms with Crippen molar-refractivity contribution in [2.24, 2.45) is 7.05 Å². The molecule has 0 bridgehead atoms. The molecule has 0 atom stereocenters. The van der Waals surface area contributed by atoms with Gasteiger partial charge < -0.3 is 9.30 Å². The predicted octanol–water partition coefficient (Wildman–Crippen LogP) is 2.79. The number of thiazole rings is 1. The molecule has 24 heavy (non-hydrogen) atoms. The van der Waals surface area contributed by atoms with Crippen molar-refractivity contribution in [1.82, 2.24) is 24.6 Å². The van der Waals surface area contributed by atoms with Crippen LogP contribution in [-0.4, -0.2) is 31.7 Å². The average molecular weight is 343 g/mol. The van der Waals surface area contributed by atoms with Crippen molar-refractivity contribution in [3.8, 4) is 5.75 Å². The Bertz CT molecular complexity index is 780. The van der Waals surface area contributed by atoms with Gasteiger partial charge in [-0.25, -0.2) is 4.98 Å². The topological polar surface area (TPSA) is 56.1 Å². The van der Waals surface area contributed by atoms with Crippen molar-refractivity contribution >= 4 is 11.3 Å². The Morgan fingerprint density at radius 2 is 2.00 bits per heavy atom. The predicted molar refractivity (Wildman–Crippen MR) is 93.8 cm³/mol. The molecular formula is C17H21N5OS. The van der Waals surface area contributed by atoms with Crippen LogP contribution in [0, 0.1) is 6.92 Å². The summed E-state index contributed by atoms with van der Waals surface area (Å²) in [7, 11) is 4.03. The Labute approximate surface area is 145 Å². The summed E-state index contributed by atoms with van der Waals surface area (Å²) in [4.78, 5) is 6.61. The largest absolute Gasteiger partial charge is 0.487 e. The molecule has 0 saturated carbocycles. The number of aromatic nitrogens is 4. The molecule has 0 N–H and O–H groups in total. The zero-order valence-electron chi connectivity index (χ0n) is 14.1. The molecule has 0 aliphatic carbocycles. The Kier molecular flexibility index (Phi) is 5.22. The maximum Gasteiger partial charge on any atom is 0.146 e. The number of rotatable bonds is 7. The molecule has 7 heteroatoms. The third-order valence-electron chi connectivity index (χ3n) is 3.65. The lowest BCUT2D eigenvalue weighted by Crippen LogP contribution is -2.19. The molecule has 2 heterocycles. The van der Waals surface area contributed by atoms with Gasteiger partial charge in [0.05, 0.1) is 17.2 Å². The normalized spacial score (nSPS) is 11.2.